The van der Waals surface area contributed by atoms with E-state index in [-0.39, 0.29) is 6.61 Å². The second-order valence-electron chi connectivity index (χ2n) is 4.93. The van der Waals surface area contributed by atoms with Crippen molar-refractivity contribution in [3.63, 3.8) is 0 Å². The van der Waals surface area contributed by atoms with Crippen LogP contribution in [0.3, 0.4) is 0 Å². The fourth-order valence-corrected chi connectivity index (χ4v) is 2.18. The zero-order chi connectivity index (χ0) is 15.2. The van der Waals surface area contributed by atoms with Crippen LogP contribution in [0.15, 0.2) is 36.4 Å². The predicted octanol–water partition coefficient (Wildman–Crippen LogP) is 1.77. The zero-order valence-corrected chi connectivity index (χ0v) is 11.9. The molecule has 2 aromatic rings. The smallest absolute Gasteiger partial charge is 0.341 e. The molecule has 5 nitrogen and oxygen atoms in total. The lowest BCUT2D eigenvalue weighted by atomic mass is 10.0. The summed E-state index contributed by atoms with van der Waals surface area (Å²) in [6.45, 7) is 2.29. The Kier molecular flexibility index (Phi) is 5.14. The number of fused-ring (bicyclic) bond motifs is 1. The Morgan fingerprint density at radius 3 is 2.76 bits per heavy atom. The summed E-state index contributed by atoms with van der Waals surface area (Å²) in [6, 6.07) is 11.5. The quantitative estimate of drug-likeness (QED) is 0.724. The molecule has 0 heterocycles. The molecule has 0 saturated carbocycles. The lowest BCUT2D eigenvalue weighted by Crippen LogP contribution is -2.24. The van der Waals surface area contributed by atoms with Crippen molar-refractivity contribution in [2.45, 2.75) is 19.6 Å². The lowest BCUT2D eigenvalue weighted by molar-refractivity contribution is -0.139. The largest absolute Gasteiger partial charge is 0.482 e. The van der Waals surface area contributed by atoms with E-state index in [1.54, 1.807) is 13.0 Å². The number of ether oxygens (including phenoxy) is 1. The first-order valence-corrected chi connectivity index (χ1v) is 6.82. The topological polar surface area (TPSA) is 78.8 Å². The highest BCUT2D eigenvalue weighted by Gasteiger charge is 2.10. The standard InChI is InChI=1S/C16H19NO4/c1-11(18)8-17-9-14-13-5-3-2-4-12(13)6-7-15(14)21-10-16(19)20/h2-7,11,17-18H,8-10H2,1H3,(H,19,20)/t11-/m1/s1. The lowest BCUT2D eigenvalue weighted by Gasteiger charge is -2.14. The number of hydrogen-bond acceptors (Lipinski definition) is 4. The van der Waals surface area contributed by atoms with Gasteiger partial charge in [-0.25, -0.2) is 4.79 Å². The van der Waals surface area contributed by atoms with E-state index in [2.05, 4.69) is 5.32 Å². The van der Waals surface area contributed by atoms with Gasteiger partial charge in [0.1, 0.15) is 5.75 Å². The van der Waals surface area contributed by atoms with Crippen LogP contribution in [-0.2, 0) is 11.3 Å². The van der Waals surface area contributed by atoms with Crippen molar-refractivity contribution in [1.29, 1.82) is 0 Å². The van der Waals surface area contributed by atoms with Gasteiger partial charge in [-0.15, -0.1) is 0 Å². The van der Waals surface area contributed by atoms with Crippen molar-refractivity contribution in [3.05, 3.63) is 42.0 Å². The minimum Gasteiger partial charge on any atom is -0.482 e. The first-order valence-electron chi connectivity index (χ1n) is 6.82. The first-order chi connectivity index (χ1) is 10.1. The number of aliphatic hydroxyl groups excluding tert-OH is 1. The van der Waals surface area contributed by atoms with Gasteiger partial charge in [-0.05, 0) is 23.8 Å². The van der Waals surface area contributed by atoms with Gasteiger partial charge in [0, 0.05) is 18.7 Å². The van der Waals surface area contributed by atoms with E-state index < -0.39 is 12.1 Å². The number of aliphatic carboxylic acids is 1. The highest BCUT2D eigenvalue weighted by molar-refractivity contribution is 5.87. The minimum absolute atomic E-state index is 0.373. The molecule has 0 radical (unpaired) electrons. The number of benzene rings is 2. The molecule has 2 aromatic carbocycles. The Balaban J connectivity index is 2.30. The van der Waals surface area contributed by atoms with Crippen LogP contribution in [0.4, 0.5) is 0 Å². The van der Waals surface area contributed by atoms with Crippen LogP contribution in [0.2, 0.25) is 0 Å². The van der Waals surface area contributed by atoms with Crippen molar-refractivity contribution >= 4 is 16.7 Å². The third kappa shape index (κ3) is 4.18. The number of carboxylic acid groups (broad SMARTS) is 1. The highest BCUT2D eigenvalue weighted by atomic mass is 16.5. The Morgan fingerprint density at radius 2 is 2.05 bits per heavy atom. The molecule has 21 heavy (non-hydrogen) atoms. The van der Waals surface area contributed by atoms with E-state index in [4.69, 9.17) is 9.84 Å². The molecule has 2 rings (SSSR count). The van der Waals surface area contributed by atoms with E-state index in [0.717, 1.165) is 16.3 Å². The van der Waals surface area contributed by atoms with Gasteiger partial charge in [-0.2, -0.15) is 0 Å². The Morgan fingerprint density at radius 1 is 1.29 bits per heavy atom. The molecule has 0 unspecified atom stereocenters. The molecule has 3 N–H and O–H groups in total. The van der Waals surface area contributed by atoms with Crippen LogP contribution in [-0.4, -0.2) is 35.4 Å². The summed E-state index contributed by atoms with van der Waals surface area (Å²) in [5.41, 5.74) is 0.898. The summed E-state index contributed by atoms with van der Waals surface area (Å²) in [5, 5.41) is 23.3. The van der Waals surface area contributed by atoms with Gasteiger partial charge < -0.3 is 20.3 Å². The summed E-state index contributed by atoms with van der Waals surface area (Å²) < 4.78 is 5.36. The molecule has 0 spiro atoms. The van der Waals surface area contributed by atoms with Gasteiger partial charge >= 0.3 is 5.97 Å². The third-order valence-electron chi connectivity index (χ3n) is 3.09. The average Bonchev–Trinajstić information content (AvgIpc) is 2.45. The fraction of sp³-hybridized carbons (Fsp3) is 0.312. The van der Waals surface area contributed by atoms with Gasteiger partial charge in [0.05, 0.1) is 6.10 Å². The molecule has 0 aliphatic carbocycles. The molecule has 0 aliphatic heterocycles. The maximum Gasteiger partial charge on any atom is 0.341 e. The minimum atomic E-state index is -1.01. The highest BCUT2D eigenvalue weighted by Crippen LogP contribution is 2.28. The molecule has 0 aromatic heterocycles. The third-order valence-corrected chi connectivity index (χ3v) is 3.09. The van der Waals surface area contributed by atoms with E-state index >= 15 is 0 Å². The number of carbonyl (C=O) groups is 1. The number of nitrogens with one attached hydrogen (secondary N) is 1. The summed E-state index contributed by atoms with van der Waals surface area (Å²) in [4.78, 5) is 10.7. The molecular formula is C16H19NO4. The predicted molar refractivity (Wildman–Crippen MR) is 80.5 cm³/mol. The SMILES string of the molecule is C[C@@H](O)CNCc1c(OCC(=O)O)ccc2ccccc12. The number of carboxylic acids is 1. The molecule has 0 fully saturated rings. The maximum atomic E-state index is 10.7. The van der Waals surface area contributed by atoms with E-state index in [9.17, 15) is 9.90 Å². The molecule has 0 saturated heterocycles. The van der Waals surface area contributed by atoms with E-state index in [1.807, 2.05) is 30.3 Å². The van der Waals surface area contributed by atoms with Crippen LogP contribution in [0.25, 0.3) is 10.8 Å². The van der Waals surface area contributed by atoms with Crippen LogP contribution in [0, 0.1) is 0 Å². The first kappa shape index (κ1) is 15.3. The molecule has 0 amide bonds. The zero-order valence-electron chi connectivity index (χ0n) is 11.9. The van der Waals surface area contributed by atoms with Gasteiger partial charge in [0.15, 0.2) is 6.61 Å². The summed E-state index contributed by atoms with van der Waals surface area (Å²) in [7, 11) is 0. The van der Waals surface area contributed by atoms with Gasteiger partial charge in [-0.1, -0.05) is 30.3 Å². The van der Waals surface area contributed by atoms with Gasteiger partial charge in [0.2, 0.25) is 0 Å². The average molecular weight is 289 g/mol. The number of hydrogen-bond donors (Lipinski definition) is 3. The summed E-state index contributed by atoms with van der Waals surface area (Å²) >= 11 is 0. The molecule has 0 aliphatic rings. The second kappa shape index (κ2) is 7.06. The van der Waals surface area contributed by atoms with Crippen LogP contribution in [0.5, 0.6) is 5.75 Å². The van der Waals surface area contributed by atoms with Crippen molar-refractivity contribution in [3.8, 4) is 5.75 Å². The Bertz CT molecular complexity index is 625. The fourth-order valence-electron chi connectivity index (χ4n) is 2.18. The molecule has 0 bridgehead atoms. The normalized spacial score (nSPS) is 12.3. The molecule has 1 atom stereocenters. The molecule has 112 valence electrons. The van der Waals surface area contributed by atoms with Crippen LogP contribution >= 0.6 is 0 Å². The Labute approximate surface area is 123 Å². The van der Waals surface area contributed by atoms with Gasteiger partial charge in [-0.3, -0.25) is 0 Å². The Hall–Kier alpha value is -2.11. The van der Waals surface area contributed by atoms with Crippen molar-refractivity contribution in [2.24, 2.45) is 0 Å². The van der Waals surface area contributed by atoms with Crippen molar-refractivity contribution in [2.75, 3.05) is 13.2 Å². The van der Waals surface area contributed by atoms with Crippen LogP contribution in [0.1, 0.15) is 12.5 Å². The van der Waals surface area contributed by atoms with Crippen molar-refractivity contribution in [1.82, 2.24) is 5.32 Å². The monoisotopic (exact) mass is 289 g/mol. The van der Waals surface area contributed by atoms with Crippen molar-refractivity contribution < 1.29 is 19.7 Å². The van der Waals surface area contributed by atoms with E-state index in [1.165, 1.54) is 0 Å². The molecular weight excluding hydrogens is 270 g/mol. The maximum absolute atomic E-state index is 10.7. The van der Waals surface area contributed by atoms with E-state index in [0.29, 0.717) is 18.8 Å². The summed E-state index contributed by atoms with van der Waals surface area (Å²) in [5.74, 6) is -0.458. The summed E-state index contributed by atoms with van der Waals surface area (Å²) in [6.07, 6.45) is -0.441. The second-order valence-corrected chi connectivity index (χ2v) is 4.93. The number of rotatable bonds is 7. The van der Waals surface area contributed by atoms with Gasteiger partial charge in [0.25, 0.3) is 0 Å². The molecule has 5 heteroatoms. The van der Waals surface area contributed by atoms with Crippen LogP contribution < -0.4 is 10.1 Å². The number of aliphatic hydroxyl groups is 1.